The van der Waals surface area contributed by atoms with E-state index >= 15 is 0 Å². The predicted octanol–water partition coefficient (Wildman–Crippen LogP) is 2.44. The molecule has 0 atom stereocenters. The molecule has 0 radical (unpaired) electrons. The van der Waals surface area contributed by atoms with Crippen molar-refractivity contribution in [1.29, 1.82) is 0 Å². The fourth-order valence-electron chi connectivity index (χ4n) is 0.957. The monoisotopic (exact) mass is 264 g/mol. The molecule has 1 aromatic rings. The van der Waals surface area contributed by atoms with Gasteiger partial charge in [0.15, 0.2) is 0 Å². The SMILES string of the molecule is COC(=O)Cc1c(F)cc(F)cc1Br. The molecule has 0 aliphatic carbocycles. The summed E-state index contributed by atoms with van der Waals surface area (Å²) in [6.07, 6.45) is -0.219. The summed E-state index contributed by atoms with van der Waals surface area (Å²) < 4.78 is 30.4. The third-order valence-corrected chi connectivity index (χ3v) is 2.36. The van der Waals surface area contributed by atoms with Crippen molar-refractivity contribution in [2.75, 3.05) is 7.11 Å². The maximum absolute atomic E-state index is 13.1. The first-order chi connectivity index (χ1) is 6.54. The van der Waals surface area contributed by atoms with E-state index in [4.69, 9.17) is 0 Å². The minimum Gasteiger partial charge on any atom is -0.469 e. The molecule has 0 aliphatic heterocycles. The van der Waals surface area contributed by atoms with Gasteiger partial charge in [0, 0.05) is 16.1 Å². The number of carbonyl (C=O) groups is 1. The standard InChI is InChI=1S/C9H7BrF2O2/c1-14-9(13)4-6-7(10)2-5(11)3-8(6)12/h2-3H,4H2,1H3. The predicted molar refractivity (Wildman–Crippen MR) is 49.8 cm³/mol. The van der Waals surface area contributed by atoms with Crippen LogP contribution in [0.4, 0.5) is 8.78 Å². The molecule has 0 spiro atoms. The maximum atomic E-state index is 13.1. The van der Waals surface area contributed by atoms with Crippen LogP contribution in [0.5, 0.6) is 0 Å². The van der Waals surface area contributed by atoms with E-state index in [0.29, 0.717) is 0 Å². The van der Waals surface area contributed by atoms with Gasteiger partial charge in [0.2, 0.25) is 0 Å². The minimum absolute atomic E-state index is 0.0956. The van der Waals surface area contributed by atoms with Crippen LogP contribution >= 0.6 is 15.9 Å². The van der Waals surface area contributed by atoms with Gasteiger partial charge in [-0.25, -0.2) is 8.78 Å². The Bertz CT molecular complexity index is 343. The first-order valence-electron chi connectivity index (χ1n) is 3.75. The van der Waals surface area contributed by atoms with Crippen LogP contribution < -0.4 is 0 Å². The fraction of sp³-hybridized carbons (Fsp3) is 0.222. The molecule has 0 N–H and O–H groups in total. The fourth-order valence-corrected chi connectivity index (χ4v) is 1.51. The second-order valence-corrected chi connectivity index (χ2v) is 3.46. The molecule has 0 aromatic heterocycles. The van der Waals surface area contributed by atoms with Crippen molar-refractivity contribution in [3.8, 4) is 0 Å². The van der Waals surface area contributed by atoms with Crippen molar-refractivity contribution < 1.29 is 18.3 Å². The topological polar surface area (TPSA) is 26.3 Å². The Morgan fingerprint density at radius 2 is 2.14 bits per heavy atom. The molecular weight excluding hydrogens is 258 g/mol. The Hall–Kier alpha value is -0.970. The van der Waals surface area contributed by atoms with Gasteiger partial charge in [-0.1, -0.05) is 15.9 Å². The number of halogens is 3. The molecule has 1 rings (SSSR count). The minimum atomic E-state index is -0.762. The van der Waals surface area contributed by atoms with Gasteiger partial charge in [-0.05, 0) is 6.07 Å². The number of ether oxygens (including phenoxy) is 1. The molecule has 5 heteroatoms. The van der Waals surface area contributed by atoms with Crippen LogP contribution in [0.3, 0.4) is 0 Å². The second kappa shape index (κ2) is 4.50. The van der Waals surface area contributed by atoms with E-state index in [9.17, 15) is 13.6 Å². The summed E-state index contributed by atoms with van der Waals surface area (Å²) in [6, 6.07) is 1.82. The molecule has 0 aliphatic rings. The molecular formula is C9H7BrF2O2. The van der Waals surface area contributed by atoms with Crippen molar-refractivity contribution in [1.82, 2.24) is 0 Å². The molecule has 14 heavy (non-hydrogen) atoms. The van der Waals surface area contributed by atoms with Gasteiger partial charge in [-0.15, -0.1) is 0 Å². The lowest BCUT2D eigenvalue weighted by Gasteiger charge is -2.04. The summed E-state index contributed by atoms with van der Waals surface area (Å²) in [7, 11) is 1.21. The average molecular weight is 265 g/mol. The van der Waals surface area contributed by atoms with Crippen molar-refractivity contribution >= 4 is 21.9 Å². The Kier molecular flexibility index (Phi) is 3.57. The van der Waals surface area contributed by atoms with Gasteiger partial charge >= 0.3 is 5.97 Å². The van der Waals surface area contributed by atoms with Crippen LogP contribution in [0.2, 0.25) is 0 Å². The smallest absolute Gasteiger partial charge is 0.310 e. The van der Waals surface area contributed by atoms with Gasteiger partial charge in [0.25, 0.3) is 0 Å². The summed E-state index contributed by atoms with van der Waals surface area (Å²) in [5.74, 6) is -2.03. The molecule has 0 heterocycles. The van der Waals surface area contributed by atoms with Crippen LogP contribution in [0, 0.1) is 11.6 Å². The van der Waals surface area contributed by atoms with E-state index in [2.05, 4.69) is 20.7 Å². The Morgan fingerprint density at radius 1 is 1.50 bits per heavy atom. The first-order valence-corrected chi connectivity index (χ1v) is 4.54. The number of methoxy groups -OCH3 is 1. The van der Waals surface area contributed by atoms with Crippen LogP contribution in [0.15, 0.2) is 16.6 Å². The number of benzene rings is 1. The quantitative estimate of drug-likeness (QED) is 0.768. The van der Waals surface area contributed by atoms with E-state index in [1.807, 2.05) is 0 Å². The van der Waals surface area contributed by atoms with Crippen molar-refractivity contribution in [3.05, 3.63) is 33.8 Å². The third kappa shape index (κ3) is 2.51. The van der Waals surface area contributed by atoms with E-state index in [1.165, 1.54) is 7.11 Å². The second-order valence-electron chi connectivity index (χ2n) is 2.60. The number of carbonyl (C=O) groups excluding carboxylic acids is 1. The van der Waals surface area contributed by atoms with E-state index < -0.39 is 17.6 Å². The zero-order valence-electron chi connectivity index (χ0n) is 7.31. The summed E-state index contributed by atoms with van der Waals surface area (Å²) in [5.41, 5.74) is 0.0956. The number of esters is 1. The van der Waals surface area contributed by atoms with Crippen molar-refractivity contribution in [2.45, 2.75) is 6.42 Å². The lowest BCUT2D eigenvalue weighted by Crippen LogP contribution is -2.07. The summed E-state index contributed by atoms with van der Waals surface area (Å²) in [5, 5.41) is 0. The zero-order valence-corrected chi connectivity index (χ0v) is 8.90. The molecule has 0 saturated carbocycles. The molecule has 0 saturated heterocycles. The summed E-state index contributed by atoms with van der Waals surface area (Å²) >= 11 is 2.97. The van der Waals surface area contributed by atoms with Crippen molar-refractivity contribution in [2.24, 2.45) is 0 Å². The highest BCUT2D eigenvalue weighted by molar-refractivity contribution is 9.10. The van der Waals surface area contributed by atoms with Crippen LogP contribution in [0.25, 0.3) is 0 Å². The highest BCUT2D eigenvalue weighted by atomic mass is 79.9. The van der Waals surface area contributed by atoms with E-state index in [1.54, 1.807) is 0 Å². The lowest BCUT2D eigenvalue weighted by molar-refractivity contribution is -0.139. The number of hydrogen-bond donors (Lipinski definition) is 0. The van der Waals surface area contributed by atoms with Crippen molar-refractivity contribution in [3.63, 3.8) is 0 Å². The molecule has 0 unspecified atom stereocenters. The van der Waals surface area contributed by atoms with Crippen LogP contribution in [0.1, 0.15) is 5.56 Å². The van der Waals surface area contributed by atoms with Crippen LogP contribution in [-0.4, -0.2) is 13.1 Å². The Morgan fingerprint density at radius 3 is 2.64 bits per heavy atom. The number of rotatable bonds is 2. The summed E-state index contributed by atoms with van der Waals surface area (Å²) in [6.45, 7) is 0. The molecule has 0 bridgehead atoms. The summed E-state index contributed by atoms with van der Waals surface area (Å²) in [4.78, 5) is 10.9. The van der Waals surface area contributed by atoms with Gasteiger partial charge < -0.3 is 4.74 Å². The Labute approximate surface area is 88.0 Å². The van der Waals surface area contributed by atoms with Gasteiger partial charge in [-0.2, -0.15) is 0 Å². The average Bonchev–Trinajstić information content (AvgIpc) is 2.10. The molecule has 76 valence electrons. The van der Waals surface area contributed by atoms with E-state index in [-0.39, 0.29) is 16.5 Å². The number of hydrogen-bond acceptors (Lipinski definition) is 2. The highest BCUT2D eigenvalue weighted by Crippen LogP contribution is 2.22. The largest absolute Gasteiger partial charge is 0.469 e. The molecule has 0 amide bonds. The normalized spacial score (nSPS) is 10.0. The third-order valence-electron chi connectivity index (χ3n) is 1.65. The maximum Gasteiger partial charge on any atom is 0.310 e. The zero-order chi connectivity index (χ0) is 10.7. The van der Waals surface area contributed by atoms with Crippen LogP contribution in [-0.2, 0) is 16.0 Å². The van der Waals surface area contributed by atoms with Gasteiger partial charge in [0.1, 0.15) is 11.6 Å². The molecule has 0 fully saturated rings. The Balaban J connectivity index is 3.02. The molecule has 2 nitrogen and oxygen atoms in total. The van der Waals surface area contributed by atoms with E-state index in [0.717, 1.165) is 12.1 Å². The lowest BCUT2D eigenvalue weighted by atomic mass is 10.1. The van der Waals surface area contributed by atoms with Gasteiger partial charge in [-0.3, -0.25) is 4.79 Å². The molecule has 1 aromatic carbocycles. The first kappa shape index (κ1) is 11.1. The van der Waals surface area contributed by atoms with Gasteiger partial charge in [0.05, 0.1) is 13.5 Å². The highest BCUT2D eigenvalue weighted by Gasteiger charge is 2.13.